The first-order valence-electron chi connectivity index (χ1n) is 12.2. The average molecular weight is 515 g/mol. The number of hydrogen-bond donors (Lipinski definition) is 1. The summed E-state index contributed by atoms with van der Waals surface area (Å²) in [6, 6.07) is 14.4. The number of nitrogens with one attached hydrogen (secondary N) is 1. The summed E-state index contributed by atoms with van der Waals surface area (Å²) in [6.45, 7) is 11.6. The fraction of sp³-hybridized carbons (Fsp3) is 0.300. The lowest BCUT2D eigenvalue weighted by Crippen LogP contribution is -2.61. The molecule has 5 rings (SSSR count). The summed E-state index contributed by atoms with van der Waals surface area (Å²) in [5, 5.41) is 3.82. The van der Waals surface area contributed by atoms with E-state index in [4.69, 9.17) is 23.9 Å². The van der Waals surface area contributed by atoms with E-state index in [2.05, 4.69) is 68.0 Å². The highest BCUT2D eigenvalue weighted by Gasteiger charge is 2.52. The molecule has 3 aliphatic rings. The molecule has 0 aromatic heterocycles. The predicted molar refractivity (Wildman–Crippen MR) is 139 cm³/mol. The molecule has 0 radical (unpaired) electrons. The number of piperidine rings is 1. The summed E-state index contributed by atoms with van der Waals surface area (Å²) in [5.41, 5.74) is 6.31. The number of rotatable bonds is 5. The molecule has 196 valence electrons. The fourth-order valence-electron chi connectivity index (χ4n) is 5.58. The Kier molecular flexibility index (Phi) is 8.98. The molecule has 3 unspecified atom stereocenters. The molecule has 3 heterocycles. The highest BCUT2D eigenvalue weighted by molar-refractivity contribution is 6.12. The average Bonchev–Trinajstić information content (AvgIpc) is 3.28. The third kappa shape index (κ3) is 5.28. The van der Waals surface area contributed by atoms with Crippen LogP contribution in [0, 0.1) is 6.92 Å². The zero-order valence-corrected chi connectivity index (χ0v) is 21.7. The summed E-state index contributed by atoms with van der Waals surface area (Å²) in [5.74, 6) is 1.07. The zero-order chi connectivity index (χ0) is 27.9. The van der Waals surface area contributed by atoms with Crippen molar-refractivity contribution in [3.63, 3.8) is 0 Å². The number of para-hydroxylation sites is 1. The van der Waals surface area contributed by atoms with Gasteiger partial charge in [-0.15, -0.1) is 0 Å². The van der Waals surface area contributed by atoms with Gasteiger partial charge in [-0.2, -0.15) is 19.2 Å². The predicted octanol–water partition coefficient (Wildman–Crippen LogP) is 4.46. The summed E-state index contributed by atoms with van der Waals surface area (Å²) < 4.78 is 5.74. The van der Waals surface area contributed by atoms with Crippen molar-refractivity contribution in [3.8, 4) is 5.75 Å². The molecule has 1 saturated heterocycles. The quantitative estimate of drug-likeness (QED) is 0.460. The van der Waals surface area contributed by atoms with Crippen molar-refractivity contribution in [1.29, 1.82) is 0 Å². The second-order valence-electron chi connectivity index (χ2n) is 9.45. The number of hydrogen-bond acceptors (Lipinski definition) is 8. The molecule has 0 amide bonds. The van der Waals surface area contributed by atoms with Crippen LogP contribution in [0.15, 0.2) is 78.5 Å². The number of ketones is 1. The van der Waals surface area contributed by atoms with Crippen LogP contribution in [0.4, 0.5) is 5.69 Å². The summed E-state index contributed by atoms with van der Waals surface area (Å²) in [4.78, 5) is 48.4. The summed E-state index contributed by atoms with van der Waals surface area (Å²) in [6.07, 6.45) is 7.38. The number of fused-ring (bicyclic) bond motifs is 5. The van der Waals surface area contributed by atoms with Gasteiger partial charge in [0.25, 0.3) is 0 Å². The second-order valence-corrected chi connectivity index (χ2v) is 9.45. The van der Waals surface area contributed by atoms with Gasteiger partial charge in [0.2, 0.25) is 0 Å². The zero-order valence-electron chi connectivity index (χ0n) is 21.7. The number of ether oxygens (including phenoxy) is 1. The maximum atomic E-state index is 13.5. The molecule has 8 nitrogen and oxygen atoms in total. The van der Waals surface area contributed by atoms with Crippen molar-refractivity contribution < 1.29 is 28.7 Å². The van der Waals surface area contributed by atoms with Gasteiger partial charge >= 0.3 is 12.3 Å². The van der Waals surface area contributed by atoms with E-state index in [1.54, 1.807) is 6.08 Å². The number of anilines is 1. The summed E-state index contributed by atoms with van der Waals surface area (Å²) >= 11 is 0. The molecule has 38 heavy (non-hydrogen) atoms. The Bertz CT molecular complexity index is 1340. The maximum Gasteiger partial charge on any atom is 0.373 e. The van der Waals surface area contributed by atoms with Gasteiger partial charge in [0.1, 0.15) is 12.4 Å². The van der Waals surface area contributed by atoms with Crippen LogP contribution in [0.3, 0.4) is 0 Å². The highest BCUT2D eigenvalue weighted by Crippen LogP contribution is 2.51. The van der Waals surface area contributed by atoms with E-state index in [1.807, 2.05) is 24.3 Å². The van der Waals surface area contributed by atoms with Crippen LogP contribution < -0.4 is 10.1 Å². The maximum absolute atomic E-state index is 13.5. The van der Waals surface area contributed by atoms with Crippen LogP contribution >= 0.6 is 0 Å². The van der Waals surface area contributed by atoms with Crippen molar-refractivity contribution in [2.45, 2.75) is 44.7 Å². The second kappa shape index (κ2) is 12.2. The largest absolute Gasteiger partial charge is 0.489 e. The molecule has 1 N–H and O–H groups in total. The monoisotopic (exact) mass is 514 g/mol. The number of allylic oxidation sites excluding steroid dienone is 2. The van der Waals surface area contributed by atoms with Crippen molar-refractivity contribution >= 4 is 23.8 Å². The highest BCUT2D eigenvalue weighted by atomic mass is 16.5. The van der Waals surface area contributed by atoms with Crippen LogP contribution in [0.5, 0.6) is 5.75 Å². The third-order valence-electron chi connectivity index (χ3n) is 7.42. The van der Waals surface area contributed by atoms with Crippen molar-refractivity contribution in [3.05, 3.63) is 95.2 Å². The lowest BCUT2D eigenvalue weighted by molar-refractivity contribution is -0.193. The van der Waals surface area contributed by atoms with E-state index >= 15 is 0 Å². The van der Waals surface area contributed by atoms with Crippen LogP contribution in [-0.4, -0.2) is 47.7 Å². The number of carbonyl (C=O) groups excluding carboxylic acids is 5. The molecule has 0 bridgehead atoms. The first kappa shape index (κ1) is 28.1. The lowest BCUT2D eigenvalue weighted by atomic mass is 9.70. The number of nitrogens with zero attached hydrogens (tertiary/aromatic N) is 1. The van der Waals surface area contributed by atoms with E-state index in [9.17, 15) is 4.79 Å². The molecular formula is C30H30N2O6. The molecule has 1 fully saturated rings. The van der Waals surface area contributed by atoms with Gasteiger partial charge < -0.3 is 15.0 Å². The fourth-order valence-corrected chi connectivity index (χ4v) is 5.58. The number of Topliss-reactive ketones (excluding diaryl/α,β-unsaturated/α-hetero) is 1. The van der Waals surface area contributed by atoms with Gasteiger partial charge in [0.15, 0.2) is 5.78 Å². The normalized spacial score (nSPS) is 21.9. The van der Waals surface area contributed by atoms with Crippen molar-refractivity contribution in [2.24, 2.45) is 0 Å². The Labute approximate surface area is 221 Å². The van der Waals surface area contributed by atoms with E-state index in [1.165, 1.54) is 22.4 Å². The van der Waals surface area contributed by atoms with E-state index in [-0.39, 0.29) is 29.7 Å². The van der Waals surface area contributed by atoms with Crippen LogP contribution in [0.1, 0.15) is 47.7 Å². The molecule has 3 atom stereocenters. The number of aryl methyl sites for hydroxylation is 1. The molecule has 8 heteroatoms. The Balaban J connectivity index is 0.000000611. The van der Waals surface area contributed by atoms with Gasteiger partial charge in [-0.05, 0) is 62.6 Å². The minimum atomic E-state index is -0.182. The van der Waals surface area contributed by atoms with Crippen molar-refractivity contribution in [2.75, 3.05) is 18.5 Å². The minimum Gasteiger partial charge on any atom is -0.489 e. The van der Waals surface area contributed by atoms with Gasteiger partial charge in [0, 0.05) is 29.9 Å². The molecule has 0 aliphatic carbocycles. The Morgan fingerprint density at radius 2 is 1.84 bits per heavy atom. The van der Waals surface area contributed by atoms with Gasteiger partial charge in [-0.25, -0.2) is 0 Å². The standard InChI is InChI=1S/C28H30N2O2.2CO2/c1-5-14-32-25-9-7-6-8-22(25)26(31)20-16-19(3)28(4)27-21(12-13-30(28)17-20)23-15-18(2)10-11-24(23)29-27;2*2-1-3/h5-11,15-17,21,27,29H,1,12-14H2,2-4H3;;. The van der Waals surface area contributed by atoms with E-state index < -0.39 is 0 Å². The van der Waals surface area contributed by atoms with Crippen LogP contribution in [0.2, 0.25) is 0 Å². The first-order chi connectivity index (χ1) is 18.3. The molecule has 3 aliphatic heterocycles. The van der Waals surface area contributed by atoms with Gasteiger partial charge in [-0.3, -0.25) is 4.79 Å². The van der Waals surface area contributed by atoms with Crippen LogP contribution in [0.25, 0.3) is 0 Å². The first-order valence-corrected chi connectivity index (χ1v) is 12.2. The van der Waals surface area contributed by atoms with Gasteiger partial charge in [-0.1, -0.05) is 42.5 Å². The van der Waals surface area contributed by atoms with Gasteiger partial charge in [0.05, 0.1) is 17.1 Å². The molecule has 0 saturated carbocycles. The topological polar surface area (TPSA) is 110 Å². The molecule has 2 aromatic rings. The molecule has 0 spiro atoms. The SMILES string of the molecule is C=CCOc1ccccc1C(=O)C1=CN2CCC3c4cc(C)ccc4NC3C2(C)C(C)=C1.O=C=O.O=C=O. The van der Waals surface area contributed by atoms with Crippen molar-refractivity contribution in [1.82, 2.24) is 4.90 Å². The minimum absolute atomic E-state index is 0.00789. The Morgan fingerprint density at radius 1 is 1.16 bits per heavy atom. The number of benzene rings is 2. The molecule has 2 aromatic carbocycles. The van der Waals surface area contributed by atoms with Crippen LogP contribution in [-0.2, 0) is 19.2 Å². The van der Waals surface area contributed by atoms with E-state index in [0.29, 0.717) is 29.4 Å². The summed E-state index contributed by atoms with van der Waals surface area (Å²) in [7, 11) is 0. The Hall–Kier alpha value is -4.51. The van der Waals surface area contributed by atoms with E-state index in [0.717, 1.165) is 13.0 Å². The number of carbonyl (C=O) groups is 1. The molecular weight excluding hydrogens is 484 g/mol. The smallest absolute Gasteiger partial charge is 0.373 e. The third-order valence-corrected chi connectivity index (χ3v) is 7.42. The Morgan fingerprint density at radius 3 is 2.53 bits per heavy atom. The lowest BCUT2D eigenvalue weighted by Gasteiger charge is -2.53.